The zero-order valence-electron chi connectivity index (χ0n) is 66.2. The van der Waals surface area contributed by atoms with Gasteiger partial charge >= 0.3 is 0 Å². The van der Waals surface area contributed by atoms with Crippen LogP contribution < -0.4 is 32.3 Å². The molecule has 0 aliphatic carbocycles. The summed E-state index contributed by atoms with van der Waals surface area (Å²) < 4.78 is 29.6. The number of carbonyl (C=O) groups excluding carboxylic acids is 5. The molecule has 0 bridgehead atoms. The highest BCUT2D eigenvalue weighted by Gasteiger charge is 2.52. The molecular formula is C74H123IN11O21P5. The maximum Gasteiger partial charge on any atom is 0.293 e. The van der Waals surface area contributed by atoms with Gasteiger partial charge in [0.2, 0.25) is 5.91 Å². The van der Waals surface area contributed by atoms with Gasteiger partial charge in [-0.2, -0.15) is 0 Å². The molecule has 10 heterocycles. The van der Waals surface area contributed by atoms with Crippen molar-refractivity contribution in [1.82, 2.24) is 51.1 Å². The summed E-state index contributed by atoms with van der Waals surface area (Å²) >= 11 is 1.90. The zero-order chi connectivity index (χ0) is 84.5. The average Bonchev–Trinajstić information content (AvgIpc) is 1.69. The van der Waals surface area contributed by atoms with Crippen molar-refractivity contribution in [3.63, 3.8) is 0 Å². The number of nitrogens with one attached hydrogen (secondary N) is 5. The summed E-state index contributed by atoms with van der Waals surface area (Å²) in [6.45, 7) is 36.2. The van der Waals surface area contributed by atoms with Gasteiger partial charge in [0, 0.05) is 43.7 Å². The molecule has 10 aliphatic heterocycles. The van der Waals surface area contributed by atoms with Gasteiger partial charge in [-0.1, -0.05) is 45.0 Å². The van der Waals surface area contributed by atoms with Crippen LogP contribution in [0.15, 0.2) is 119 Å². The van der Waals surface area contributed by atoms with Gasteiger partial charge in [-0.15, -0.1) is 65.9 Å². The van der Waals surface area contributed by atoms with Crippen LogP contribution in [0.3, 0.4) is 0 Å². The van der Waals surface area contributed by atoms with Gasteiger partial charge in [0.05, 0.1) is 45.9 Å². The summed E-state index contributed by atoms with van der Waals surface area (Å²) in [6.07, 6.45) is 21.1. The second-order valence-corrected chi connectivity index (χ2v) is 55.4. The van der Waals surface area contributed by atoms with E-state index in [1.165, 1.54) is 9.80 Å². The molecule has 0 aromatic rings. The summed E-state index contributed by atoms with van der Waals surface area (Å²) in [6, 6.07) is 0. The maximum absolute atomic E-state index is 12.0. The first-order valence-corrected chi connectivity index (χ1v) is 52.9. The quantitative estimate of drug-likeness (QED) is 0.0520. The molecule has 0 aromatic carbocycles. The SMILES string of the molecule is C=C1NC(=O)C(/C=C/CN)=CN1C1O[C@H](CCP(=C)(C)C)[C@@H](O)[C@H]1O.C=C1NC(=O)C(C)=CN1C1O[C@H](CCP(=C)(C)C)[C@@H](O)[C@H]1O.C=C1NC(=O)C(I)=CN1C1O[C@H](CCP(=C)(C)C)[C@@H](O)[C@H]1O.C=C1NC(=O)C(O)=CN1C1O[C@H](CCP(=C)(C)C)[C@@H](O)[C@H]1O.C=C1NC(=O)CCN1[C@@H]1O[C@H](CCP(=C)(C)C)[C@@H](O)[C@H]1O. The second-order valence-electron chi connectivity index (χ2n) is 32.7. The van der Waals surface area contributed by atoms with Crippen molar-refractivity contribution >= 4 is 118 Å². The van der Waals surface area contributed by atoms with Crippen LogP contribution in [0.4, 0.5) is 0 Å². The highest BCUT2D eigenvalue weighted by molar-refractivity contribution is 14.1. The van der Waals surface area contributed by atoms with E-state index in [1.807, 2.05) is 22.6 Å². The van der Waals surface area contributed by atoms with Gasteiger partial charge in [-0.05, 0) is 159 Å². The minimum absolute atomic E-state index is 0.0931. The summed E-state index contributed by atoms with van der Waals surface area (Å²) in [4.78, 5) is 65.4. The molecule has 18 N–H and O–H groups in total. The molecule has 0 saturated carbocycles. The van der Waals surface area contributed by atoms with E-state index >= 15 is 0 Å². The molecule has 5 amide bonds. The molecule has 112 heavy (non-hydrogen) atoms. The van der Waals surface area contributed by atoms with E-state index in [4.69, 9.17) is 29.4 Å². The van der Waals surface area contributed by atoms with E-state index in [0.29, 0.717) is 83.8 Å². The lowest BCUT2D eigenvalue weighted by Gasteiger charge is -2.36. The summed E-state index contributed by atoms with van der Waals surface area (Å²) in [5.41, 5.74) is 6.29. The zero-order valence-corrected chi connectivity index (χ0v) is 72.8. The van der Waals surface area contributed by atoms with Crippen molar-refractivity contribution in [1.29, 1.82) is 0 Å². The first-order chi connectivity index (χ1) is 51.6. The number of rotatable bonds is 22. The van der Waals surface area contributed by atoms with Crippen LogP contribution in [0.2, 0.25) is 0 Å². The summed E-state index contributed by atoms with van der Waals surface area (Å²) in [7, 11) is 0. The third kappa shape index (κ3) is 26.8. The lowest BCUT2D eigenvalue weighted by Crippen LogP contribution is -2.51. The Bertz CT molecular complexity index is 3690. The third-order valence-electron chi connectivity index (χ3n) is 19.3. The van der Waals surface area contributed by atoms with Crippen LogP contribution in [0.25, 0.3) is 0 Å². The van der Waals surface area contributed by atoms with E-state index in [9.17, 15) is 80.1 Å². The topological polar surface area (TPSA) is 456 Å². The third-order valence-corrected chi connectivity index (χ3v) is 27.4. The van der Waals surface area contributed by atoms with E-state index in [0.717, 1.165) is 37.0 Å². The van der Waals surface area contributed by atoms with Crippen molar-refractivity contribution in [3.8, 4) is 0 Å². The Kier molecular flexibility index (Phi) is 34.3. The fraction of sp³-hybridized carbons (Fsp3) is 0.595. The molecule has 0 radical (unpaired) electrons. The maximum atomic E-state index is 12.0. The Hall–Kier alpha value is -4.86. The fourth-order valence-electron chi connectivity index (χ4n) is 12.8. The number of aliphatic hydroxyl groups excluding tert-OH is 11. The predicted molar refractivity (Wildman–Crippen MR) is 458 cm³/mol. The van der Waals surface area contributed by atoms with E-state index < -0.39 is 169 Å². The molecule has 632 valence electrons. The van der Waals surface area contributed by atoms with Crippen LogP contribution in [-0.2, 0) is 47.7 Å². The minimum Gasteiger partial charge on any atom is -0.502 e. The number of hydrogen-bond donors (Lipinski definition) is 17. The van der Waals surface area contributed by atoms with Crippen molar-refractivity contribution in [2.75, 3.05) is 111 Å². The molecule has 0 spiro atoms. The van der Waals surface area contributed by atoms with Gasteiger partial charge in [0.25, 0.3) is 23.6 Å². The average molecular weight is 1780 g/mol. The summed E-state index contributed by atoms with van der Waals surface area (Å²) in [5, 5.41) is 125. The highest BCUT2D eigenvalue weighted by Crippen LogP contribution is 2.44. The molecule has 10 rings (SSSR count). The highest BCUT2D eigenvalue weighted by atomic mass is 127. The summed E-state index contributed by atoms with van der Waals surface area (Å²) in [5.74, 6) is -0.520. The number of amides is 5. The molecule has 32 nitrogen and oxygen atoms in total. The predicted octanol–water partition coefficient (Wildman–Crippen LogP) is 0.545. The monoisotopic (exact) mass is 1780 g/mol. The van der Waals surface area contributed by atoms with Crippen LogP contribution in [0.5, 0.6) is 0 Å². The number of carbonyl (C=O) groups is 5. The van der Waals surface area contributed by atoms with Crippen LogP contribution in [0, 0.1) is 0 Å². The van der Waals surface area contributed by atoms with Crippen LogP contribution >= 0.6 is 57.0 Å². The number of hydrogen-bond acceptors (Lipinski definition) is 27. The number of aliphatic hydroxyl groups is 11. The Morgan fingerprint density at radius 1 is 0.429 bits per heavy atom. The first kappa shape index (κ1) is 96.0. The van der Waals surface area contributed by atoms with E-state index in [1.54, 1.807) is 52.4 Å². The lowest BCUT2D eigenvalue weighted by atomic mass is 10.1. The number of ether oxygens (including phenoxy) is 5. The molecule has 38 heteroatoms. The number of halogens is 1. The molecular weight excluding hydrogens is 1660 g/mol. The molecule has 0 aromatic heterocycles. The number of nitrogens with zero attached hydrogens (tertiary/aromatic N) is 5. The van der Waals surface area contributed by atoms with Crippen molar-refractivity contribution in [3.05, 3.63) is 119 Å². The van der Waals surface area contributed by atoms with E-state index in [-0.39, 0.29) is 35.3 Å². The van der Waals surface area contributed by atoms with Gasteiger partial charge in [-0.25, -0.2) is 0 Å². The molecule has 4 unspecified atom stereocenters. The van der Waals surface area contributed by atoms with Crippen molar-refractivity contribution in [2.45, 2.75) is 168 Å². The minimum atomic E-state index is -1.26. The molecule has 6 fully saturated rings. The molecule has 20 atom stereocenters. The van der Waals surface area contributed by atoms with Gasteiger partial charge in [-0.3, -0.25) is 24.0 Å². The molecule has 10 aliphatic rings. The normalized spacial score (nSPS) is 32.7. The van der Waals surface area contributed by atoms with Gasteiger partial charge in [0.15, 0.2) is 36.9 Å². The number of nitrogens with two attached hydrogens (primary N) is 1. The van der Waals surface area contributed by atoms with Gasteiger partial charge in [0.1, 0.15) is 90.1 Å². The van der Waals surface area contributed by atoms with Crippen LogP contribution in [-0.4, -0.2) is 375 Å². The standard InChI is InChI=1S/C17H28N3O4P.C15H25N2O4P.C14H22IN2O4P.C14H23N2O5P.C14H25N2O4P/c1-11-19-16(23)12(6-5-8-18)10-20(11)17-15(22)14(21)13(24-17)7-9-25(2,3)4;1-9-8-17(10(2)16-14(9)20)15-13(19)12(18)11(21-15)6-7-22(3,4)5;1-8-16-13(20)9(15)7-17(8)14-12(19)11(18)10(21-14)5-6-22(2,3)4;1-8-15-13(20)9(17)7-16(8)14-12(19)11(18)10(21-14)5-6-22(2,3)4;1-9-15-11(17)5-7-16(9)14-13(19)12(18)10(20-14)6-8-21(2,3)4/h5-6,10,13-15,17,21-22H,1-2,7-9,18H2,3-4H3,(H,19,23);8,11-13,15,18-19H,2-3,6-7H2,1,4-5H3,(H,16,20);7,10-12,14,18-19H,1-2,5-6H2,3-4H3,(H,16,20);7,10-12,14,17-19H,1-2,5-6H2,3-4H3,(H,15,20);10,12-14,18-19H,1-2,5-8H2,3-4H3,(H,15,17)/b6-5+;;;;/t13-,14-,15-,17?;11-,12-,13-,15?;2*10-,11-,12-,14?;10-,12-,13-,14-/m11111/s1. The van der Waals surface area contributed by atoms with Gasteiger partial charge < -0.3 is 137 Å². The van der Waals surface area contributed by atoms with Crippen molar-refractivity contribution < 1.29 is 104 Å². The fourth-order valence-corrected chi connectivity index (χ4v) is 18.0. The molecule has 6 saturated heterocycles. The lowest BCUT2D eigenvalue weighted by molar-refractivity contribution is -0.128. The Morgan fingerprint density at radius 2 is 0.723 bits per heavy atom. The first-order valence-electron chi connectivity index (χ1n) is 36.5. The van der Waals surface area contributed by atoms with E-state index in [2.05, 4.69) is 158 Å². The van der Waals surface area contributed by atoms with Crippen LogP contribution in [0.1, 0.15) is 45.4 Å². The Labute approximate surface area is 672 Å². The smallest absolute Gasteiger partial charge is 0.293 e. The largest absolute Gasteiger partial charge is 0.502 e. The van der Waals surface area contributed by atoms with Crippen molar-refractivity contribution in [2.24, 2.45) is 5.73 Å². The Morgan fingerprint density at radius 3 is 1.06 bits per heavy atom. The second kappa shape index (κ2) is 40.1. The Balaban J connectivity index is 0.000000219.